The highest BCUT2D eigenvalue weighted by Crippen LogP contribution is 2.32. The zero-order valence-corrected chi connectivity index (χ0v) is 21.1. The van der Waals surface area contributed by atoms with Gasteiger partial charge in [-0.3, -0.25) is 0 Å². The fourth-order valence-corrected chi connectivity index (χ4v) is 4.77. The first kappa shape index (κ1) is 31.4. The van der Waals surface area contributed by atoms with Crippen molar-refractivity contribution in [3.8, 4) is 5.75 Å². The van der Waals surface area contributed by atoms with Crippen LogP contribution in [0.2, 0.25) is 0 Å². The lowest BCUT2D eigenvalue weighted by atomic mass is 9.96. The number of ether oxygens (including phenoxy) is 6. The van der Waals surface area contributed by atoms with Gasteiger partial charge in [-0.25, -0.2) is 0 Å². The van der Waals surface area contributed by atoms with Crippen molar-refractivity contribution in [3.63, 3.8) is 0 Å². The predicted molar refractivity (Wildman–Crippen MR) is 126 cm³/mol. The maximum atomic E-state index is 10.8. The Morgan fingerprint density at radius 3 is 1.43 bits per heavy atom. The molecule has 0 bridgehead atoms. The van der Waals surface area contributed by atoms with E-state index in [1.165, 1.54) is 0 Å². The largest absolute Gasteiger partial charge is 0.462 e. The van der Waals surface area contributed by atoms with E-state index in [0.717, 1.165) is 0 Å². The molecule has 40 heavy (non-hydrogen) atoms. The van der Waals surface area contributed by atoms with Crippen LogP contribution in [-0.4, -0.2) is 163 Å². The van der Waals surface area contributed by atoms with Crippen molar-refractivity contribution in [2.24, 2.45) is 0 Å². The van der Waals surface area contributed by atoms with Gasteiger partial charge in [-0.2, -0.15) is 0 Å². The third kappa shape index (κ3) is 6.41. The van der Waals surface area contributed by atoms with Crippen LogP contribution in [-0.2, 0) is 23.7 Å². The SMILES string of the molecule is OCC1OC(OC2C(CO)OC(OC3C(CO)OC(Oc4ccccc4)C(O)C3O)C(O)C2O)C(O)C(O)C1O. The number of benzene rings is 1. The van der Waals surface area contributed by atoms with E-state index in [4.69, 9.17) is 28.4 Å². The minimum absolute atomic E-state index is 0.320. The summed E-state index contributed by atoms with van der Waals surface area (Å²) in [4.78, 5) is 0. The van der Waals surface area contributed by atoms with E-state index >= 15 is 0 Å². The van der Waals surface area contributed by atoms with Crippen LogP contribution in [0.3, 0.4) is 0 Å². The van der Waals surface area contributed by atoms with E-state index in [-0.39, 0.29) is 0 Å². The van der Waals surface area contributed by atoms with Gasteiger partial charge in [-0.05, 0) is 12.1 Å². The summed E-state index contributed by atoms with van der Waals surface area (Å²) in [7, 11) is 0. The van der Waals surface area contributed by atoms with Crippen molar-refractivity contribution in [1.82, 2.24) is 0 Å². The molecule has 3 heterocycles. The molecule has 0 aliphatic carbocycles. The molecule has 0 saturated carbocycles. The molecule has 10 N–H and O–H groups in total. The van der Waals surface area contributed by atoms with Crippen LogP contribution in [0.1, 0.15) is 0 Å². The van der Waals surface area contributed by atoms with E-state index in [9.17, 15) is 51.1 Å². The Labute approximate surface area is 228 Å². The van der Waals surface area contributed by atoms with Crippen molar-refractivity contribution >= 4 is 0 Å². The number of hydrogen-bond donors (Lipinski definition) is 10. The van der Waals surface area contributed by atoms with Crippen molar-refractivity contribution in [2.45, 2.75) is 92.1 Å². The summed E-state index contributed by atoms with van der Waals surface area (Å²) in [5.41, 5.74) is 0. The third-order valence-electron chi connectivity index (χ3n) is 7.07. The normalized spacial score (nSPS) is 46.2. The van der Waals surface area contributed by atoms with E-state index in [2.05, 4.69) is 0 Å². The van der Waals surface area contributed by atoms with Gasteiger partial charge in [-0.15, -0.1) is 0 Å². The lowest BCUT2D eigenvalue weighted by molar-refractivity contribution is -0.376. The van der Waals surface area contributed by atoms with Crippen molar-refractivity contribution in [1.29, 1.82) is 0 Å². The van der Waals surface area contributed by atoms with Crippen LogP contribution in [0.4, 0.5) is 0 Å². The number of hydrogen-bond acceptors (Lipinski definition) is 16. The van der Waals surface area contributed by atoms with Crippen molar-refractivity contribution in [3.05, 3.63) is 30.3 Å². The summed E-state index contributed by atoms with van der Waals surface area (Å²) in [6, 6.07) is 8.27. The maximum absolute atomic E-state index is 10.8. The first-order chi connectivity index (χ1) is 19.1. The Balaban J connectivity index is 1.43. The van der Waals surface area contributed by atoms with Crippen molar-refractivity contribution < 1.29 is 79.5 Å². The lowest BCUT2D eigenvalue weighted by Gasteiger charge is -2.48. The fraction of sp³-hybridized carbons (Fsp3) is 0.750. The zero-order valence-electron chi connectivity index (χ0n) is 21.1. The second-order valence-corrected chi connectivity index (χ2v) is 9.74. The second kappa shape index (κ2) is 13.6. The molecule has 16 heteroatoms. The van der Waals surface area contributed by atoms with Gasteiger partial charge in [0.15, 0.2) is 12.6 Å². The van der Waals surface area contributed by atoms with E-state index in [1.807, 2.05) is 0 Å². The second-order valence-electron chi connectivity index (χ2n) is 9.74. The van der Waals surface area contributed by atoms with Gasteiger partial charge in [0.1, 0.15) is 79.0 Å². The Hall–Kier alpha value is -1.58. The van der Waals surface area contributed by atoms with E-state index in [0.29, 0.717) is 5.75 Å². The van der Waals surface area contributed by atoms with Crippen LogP contribution >= 0.6 is 0 Å². The Bertz CT molecular complexity index is 904. The smallest absolute Gasteiger partial charge is 0.229 e. The molecule has 0 radical (unpaired) electrons. The summed E-state index contributed by atoms with van der Waals surface area (Å²) in [6.45, 7) is -2.26. The summed E-state index contributed by atoms with van der Waals surface area (Å²) in [6.07, 6.45) is -24.4. The van der Waals surface area contributed by atoms with Crippen molar-refractivity contribution in [2.75, 3.05) is 19.8 Å². The van der Waals surface area contributed by atoms with Crippen LogP contribution in [0.5, 0.6) is 5.75 Å². The standard InChI is InChI=1S/C24H36O16/c25-6-10-13(28)14(29)17(32)23(36-10)39-21-12(8-27)38-24(19(34)16(21)31)40-20-11(7-26)37-22(18(33)15(20)30)35-9-4-2-1-3-5-9/h1-5,10-34H,6-8H2. The first-order valence-electron chi connectivity index (χ1n) is 12.7. The number of para-hydroxylation sites is 1. The van der Waals surface area contributed by atoms with Crippen LogP contribution < -0.4 is 4.74 Å². The molecule has 15 atom stereocenters. The average Bonchev–Trinajstić information content (AvgIpc) is 2.96. The van der Waals surface area contributed by atoms with Gasteiger partial charge in [-0.1, -0.05) is 18.2 Å². The summed E-state index contributed by atoms with van der Waals surface area (Å²) in [5, 5.41) is 102. The van der Waals surface area contributed by atoms with Crippen LogP contribution in [0.15, 0.2) is 30.3 Å². The monoisotopic (exact) mass is 580 g/mol. The van der Waals surface area contributed by atoms with Gasteiger partial charge >= 0.3 is 0 Å². The molecular formula is C24H36O16. The highest BCUT2D eigenvalue weighted by molar-refractivity contribution is 5.21. The summed E-state index contributed by atoms with van der Waals surface area (Å²) < 4.78 is 33.0. The Kier molecular flexibility index (Phi) is 10.7. The molecule has 0 spiro atoms. The first-order valence-corrected chi connectivity index (χ1v) is 12.7. The van der Waals surface area contributed by atoms with E-state index in [1.54, 1.807) is 30.3 Å². The molecule has 4 rings (SSSR count). The predicted octanol–water partition coefficient (Wildman–Crippen LogP) is -5.49. The molecule has 3 fully saturated rings. The fourth-order valence-electron chi connectivity index (χ4n) is 4.77. The van der Waals surface area contributed by atoms with Gasteiger partial charge in [0.05, 0.1) is 19.8 Å². The summed E-state index contributed by atoms with van der Waals surface area (Å²) in [5.74, 6) is 0.320. The molecule has 3 aliphatic heterocycles. The number of rotatable bonds is 9. The molecule has 1 aromatic carbocycles. The minimum atomic E-state index is -1.90. The van der Waals surface area contributed by atoms with Gasteiger partial charge in [0, 0.05) is 0 Å². The molecular weight excluding hydrogens is 544 g/mol. The number of aliphatic hydroxyl groups excluding tert-OH is 10. The summed E-state index contributed by atoms with van der Waals surface area (Å²) >= 11 is 0. The molecule has 3 saturated heterocycles. The zero-order chi connectivity index (χ0) is 29.1. The highest BCUT2D eigenvalue weighted by Gasteiger charge is 2.53. The van der Waals surface area contributed by atoms with Gasteiger partial charge in [0.2, 0.25) is 6.29 Å². The Morgan fingerprint density at radius 2 is 0.925 bits per heavy atom. The minimum Gasteiger partial charge on any atom is -0.462 e. The molecule has 228 valence electrons. The number of aliphatic hydroxyl groups is 10. The molecule has 1 aromatic rings. The van der Waals surface area contributed by atoms with Gasteiger partial charge in [0.25, 0.3) is 0 Å². The average molecular weight is 581 g/mol. The van der Waals surface area contributed by atoms with Crippen LogP contribution in [0.25, 0.3) is 0 Å². The molecule has 0 amide bonds. The molecule has 15 unspecified atom stereocenters. The molecule has 3 aliphatic rings. The molecule has 0 aromatic heterocycles. The highest BCUT2D eigenvalue weighted by atomic mass is 16.8. The Morgan fingerprint density at radius 1 is 0.500 bits per heavy atom. The maximum Gasteiger partial charge on any atom is 0.229 e. The lowest BCUT2D eigenvalue weighted by Crippen LogP contribution is -2.66. The topological polar surface area (TPSA) is 258 Å². The van der Waals surface area contributed by atoms with Crippen LogP contribution in [0, 0.1) is 0 Å². The molecule has 16 nitrogen and oxygen atoms in total. The third-order valence-corrected chi connectivity index (χ3v) is 7.07. The quantitative estimate of drug-likeness (QED) is 0.131. The van der Waals surface area contributed by atoms with Gasteiger partial charge < -0.3 is 79.5 Å². The van der Waals surface area contributed by atoms with E-state index < -0.39 is 112 Å².